The van der Waals surface area contributed by atoms with Crippen LogP contribution in [0.25, 0.3) is 0 Å². The molecule has 0 radical (unpaired) electrons. The van der Waals surface area contributed by atoms with Crippen LogP contribution in [0.15, 0.2) is 42.6 Å². The second kappa shape index (κ2) is 6.45. The summed E-state index contributed by atoms with van der Waals surface area (Å²) in [7, 11) is 0. The van der Waals surface area contributed by atoms with Gasteiger partial charge in [0.25, 0.3) is 0 Å². The normalized spacial score (nSPS) is 23.6. The van der Waals surface area contributed by atoms with Gasteiger partial charge in [-0.2, -0.15) is 0 Å². The highest BCUT2D eigenvalue weighted by Gasteiger charge is 2.48. The topological polar surface area (TPSA) is 53.1 Å². The Morgan fingerprint density at radius 1 is 1.15 bits per heavy atom. The summed E-state index contributed by atoms with van der Waals surface area (Å²) in [6, 6.07) is 11.9. The van der Waals surface area contributed by atoms with Crippen molar-refractivity contribution in [2.24, 2.45) is 0 Å². The minimum Gasteiger partial charge on any atom is -0.474 e. The lowest BCUT2D eigenvalue weighted by Gasteiger charge is -2.53. The van der Waals surface area contributed by atoms with Crippen molar-refractivity contribution < 1.29 is 18.9 Å². The number of benzene rings is 1. The SMILES string of the molecule is c1ccc(OC2CCOC3(C2)CN(Cc2ccc4c(c2)OCO4)C3)nc1. The maximum atomic E-state index is 6.12. The van der Waals surface area contributed by atoms with Crippen molar-refractivity contribution in [3.63, 3.8) is 0 Å². The van der Waals surface area contributed by atoms with E-state index >= 15 is 0 Å². The molecule has 2 aromatic rings. The molecule has 0 bridgehead atoms. The molecule has 1 spiro atoms. The van der Waals surface area contributed by atoms with E-state index in [0.717, 1.165) is 50.6 Å². The number of rotatable bonds is 4. The quantitative estimate of drug-likeness (QED) is 0.841. The van der Waals surface area contributed by atoms with Crippen LogP contribution in [0.5, 0.6) is 17.4 Å². The van der Waals surface area contributed by atoms with Crippen molar-refractivity contribution in [1.82, 2.24) is 9.88 Å². The van der Waals surface area contributed by atoms with Crippen molar-refractivity contribution in [3.05, 3.63) is 48.2 Å². The van der Waals surface area contributed by atoms with Gasteiger partial charge in [-0.25, -0.2) is 4.98 Å². The van der Waals surface area contributed by atoms with Crippen LogP contribution in [0.2, 0.25) is 0 Å². The van der Waals surface area contributed by atoms with E-state index in [1.54, 1.807) is 6.20 Å². The molecule has 1 aromatic carbocycles. The van der Waals surface area contributed by atoms with Crippen LogP contribution >= 0.6 is 0 Å². The van der Waals surface area contributed by atoms with Gasteiger partial charge in [-0.1, -0.05) is 12.1 Å². The molecule has 3 aliphatic heterocycles. The van der Waals surface area contributed by atoms with E-state index in [1.807, 2.05) is 24.3 Å². The van der Waals surface area contributed by atoms with Crippen molar-refractivity contribution in [1.29, 1.82) is 0 Å². The van der Waals surface area contributed by atoms with Gasteiger partial charge in [0.15, 0.2) is 11.5 Å². The Balaban J connectivity index is 1.17. The van der Waals surface area contributed by atoms with Crippen LogP contribution in [0.4, 0.5) is 0 Å². The number of ether oxygens (including phenoxy) is 4. The third-order valence-electron chi connectivity index (χ3n) is 5.24. The van der Waals surface area contributed by atoms with E-state index in [4.69, 9.17) is 18.9 Å². The van der Waals surface area contributed by atoms with E-state index in [9.17, 15) is 0 Å². The fourth-order valence-corrected chi connectivity index (χ4v) is 4.07. The van der Waals surface area contributed by atoms with Crippen molar-refractivity contribution in [2.75, 3.05) is 26.5 Å². The number of fused-ring (bicyclic) bond motifs is 1. The van der Waals surface area contributed by atoms with Crippen LogP contribution in [0.3, 0.4) is 0 Å². The van der Waals surface area contributed by atoms with Gasteiger partial charge in [0.2, 0.25) is 12.7 Å². The molecule has 2 saturated heterocycles. The van der Waals surface area contributed by atoms with Gasteiger partial charge in [-0.3, -0.25) is 4.90 Å². The van der Waals surface area contributed by atoms with Gasteiger partial charge in [0, 0.05) is 44.7 Å². The lowest BCUT2D eigenvalue weighted by Crippen LogP contribution is -2.65. The molecule has 0 aliphatic carbocycles. The Kier molecular flexibility index (Phi) is 3.94. The summed E-state index contributed by atoms with van der Waals surface area (Å²) in [5.41, 5.74) is 1.16. The monoisotopic (exact) mass is 354 g/mol. The fraction of sp³-hybridized carbons (Fsp3) is 0.450. The van der Waals surface area contributed by atoms with E-state index in [0.29, 0.717) is 12.7 Å². The molecule has 3 aliphatic rings. The number of hydrogen-bond acceptors (Lipinski definition) is 6. The predicted octanol–water partition coefficient (Wildman–Crippen LogP) is 2.62. The average molecular weight is 354 g/mol. The first-order chi connectivity index (χ1) is 12.8. The Labute approximate surface area is 152 Å². The van der Waals surface area contributed by atoms with E-state index < -0.39 is 0 Å². The van der Waals surface area contributed by atoms with Gasteiger partial charge in [0.1, 0.15) is 6.10 Å². The van der Waals surface area contributed by atoms with Crippen molar-refractivity contribution >= 4 is 0 Å². The van der Waals surface area contributed by atoms with Crippen LogP contribution in [0.1, 0.15) is 18.4 Å². The summed E-state index contributed by atoms with van der Waals surface area (Å²) in [5, 5.41) is 0. The summed E-state index contributed by atoms with van der Waals surface area (Å²) < 4.78 is 23.0. The number of hydrogen-bond donors (Lipinski definition) is 0. The number of nitrogens with zero attached hydrogens (tertiary/aromatic N) is 2. The minimum atomic E-state index is -0.0754. The van der Waals surface area contributed by atoms with Gasteiger partial charge >= 0.3 is 0 Å². The molecule has 6 nitrogen and oxygen atoms in total. The van der Waals surface area contributed by atoms with Gasteiger partial charge in [-0.05, 0) is 23.8 Å². The zero-order valence-electron chi connectivity index (χ0n) is 14.6. The summed E-state index contributed by atoms with van der Waals surface area (Å²) in [6.07, 6.45) is 3.77. The smallest absolute Gasteiger partial charge is 0.231 e. The summed E-state index contributed by atoms with van der Waals surface area (Å²) in [5.74, 6) is 2.38. The Morgan fingerprint density at radius 3 is 2.96 bits per heavy atom. The number of likely N-dealkylation sites (tertiary alicyclic amines) is 1. The molecule has 1 unspecified atom stereocenters. The lowest BCUT2D eigenvalue weighted by atomic mass is 9.84. The first-order valence-corrected chi connectivity index (χ1v) is 9.11. The third-order valence-corrected chi connectivity index (χ3v) is 5.24. The van der Waals surface area contributed by atoms with Crippen LogP contribution < -0.4 is 14.2 Å². The zero-order chi connectivity index (χ0) is 17.4. The second-order valence-electron chi connectivity index (χ2n) is 7.26. The molecule has 0 saturated carbocycles. The third kappa shape index (κ3) is 3.10. The van der Waals surface area contributed by atoms with E-state index in [-0.39, 0.29) is 11.7 Å². The highest BCUT2D eigenvalue weighted by molar-refractivity contribution is 5.44. The first kappa shape index (κ1) is 15.9. The van der Waals surface area contributed by atoms with Crippen molar-refractivity contribution in [2.45, 2.75) is 31.1 Å². The Hall–Kier alpha value is -2.31. The molecule has 4 heterocycles. The largest absolute Gasteiger partial charge is 0.474 e. The highest BCUT2D eigenvalue weighted by atomic mass is 16.7. The highest BCUT2D eigenvalue weighted by Crippen LogP contribution is 2.37. The molecule has 1 aromatic heterocycles. The Bertz CT molecular complexity index is 777. The van der Waals surface area contributed by atoms with Gasteiger partial charge in [0.05, 0.1) is 12.2 Å². The lowest BCUT2D eigenvalue weighted by molar-refractivity contribution is -0.188. The zero-order valence-corrected chi connectivity index (χ0v) is 14.6. The second-order valence-corrected chi connectivity index (χ2v) is 7.26. The van der Waals surface area contributed by atoms with Crippen molar-refractivity contribution in [3.8, 4) is 17.4 Å². The minimum absolute atomic E-state index is 0.0754. The molecular weight excluding hydrogens is 332 g/mol. The molecule has 1 atom stereocenters. The molecule has 0 amide bonds. The van der Waals surface area contributed by atoms with Gasteiger partial charge < -0.3 is 18.9 Å². The molecule has 5 rings (SSSR count). The first-order valence-electron chi connectivity index (χ1n) is 9.11. The van der Waals surface area contributed by atoms with Crippen LogP contribution in [-0.2, 0) is 11.3 Å². The molecular formula is C20H22N2O4. The Morgan fingerprint density at radius 2 is 2.08 bits per heavy atom. The number of aromatic nitrogens is 1. The number of pyridine rings is 1. The van der Waals surface area contributed by atoms with E-state index in [2.05, 4.69) is 22.0 Å². The molecule has 26 heavy (non-hydrogen) atoms. The summed E-state index contributed by atoms with van der Waals surface area (Å²) in [6.45, 7) is 3.83. The standard InChI is InChI=1S/C20H22N2O4/c1-2-7-21-19(3-1)26-16-6-8-25-20(10-16)12-22(13-20)11-15-4-5-17-18(9-15)24-14-23-17/h1-5,7,9,16H,6,8,10-14H2. The van der Waals surface area contributed by atoms with E-state index in [1.165, 1.54) is 5.56 Å². The molecule has 0 N–H and O–H groups in total. The average Bonchev–Trinajstić information content (AvgIpc) is 3.09. The maximum absolute atomic E-state index is 6.12. The van der Waals surface area contributed by atoms with Crippen LogP contribution in [-0.4, -0.2) is 48.1 Å². The molecule has 6 heteroatoms. The predicted molar refractivity (Wildman–Crippen MR) is 94.4 cm³/mol. The fourth-order valence-electron chi connectivity index (χ4n) is 4.07. The van der Waals surface area contributed by atoms with Gasteiger partial charge in [-0.15, -0.1) is 0 Å². The molecule has 2 fully saturated rings. The summed E-state index contributed by atoms with van der Waals surface area (Å²) >= 11 is 0. The van der Waals surface area contributed by atoms with Crippen LogP contribution in [0, 0.1) is 0 Å². The summed E-state index contributed by atoms with van der Waals surface area (Å²) in [4.78, 5) is 6.67. The molecule has 136 valence electrons. The maximum Gasteiger partial charge on any atom is 0.231 e.